The first-order valence-corrected chi connectivity index (χ1v) is 8.86. The number of methoxy groups -OCH3 is 1. The molecular weight excluding hydrogens is 348 g/mol. The maximum absolute atomic E-state index is 10.5. The molecule has 0 aliphatic carbocycles. The molecule has 9 nitrogen and oxygen atoms in total. The zero-order valence-corrected chi connectivity index (χ0v) is 16.1. The molecule has 0 fully saturated rings. The Labute approximate surface area is 156 Å². The van der Waals surface area contributed by atoms with Crippen molar-refractivity contribution in [2.45, 2.75) is 6.92 Å². The number of hydrogen-bond donors (Lipinski definition) is 0. The van der Waals surface area contributed by atoms with Crippen LogP contribution in [0.1, 0.15) is 6.92 Å². The Kier molecular flexibility index (Phi) is 21.5. The summed E-state index contributed by atoms with van der Waals surface area (Å²) in [5.74, 6) is -0.304. The Hall–Kier alpha value is -0.810. The molecule has 9 heteroatoms. The van der Waals surface area contributed by atoms with E-state index in [1.54, 1.807) is 7.11 Å². The predicted octanol–water partition coefficient (Wildman–Crippen LogP) is 0.296. The van der Waals surface area contributed by atoms with Gasteiger partial charge in [0, 0.05) is 14.0 Å². The smallest absolute Gasteiger partial charge is 0.302 e. The molecular formula is C17H34O9. The van der Waals surface area contributed by atoms with E-state index >= 15 is 0 Å². The largest absolute Gasteiger partial charge is 0.463 e. The minimum Gasteiger partial charge on any atom is -0.463 e. The van der Waals surface area contributed by atoms with Gasteiger partial charge in [-0.25, -0.2) is 0 Å². The van der Waals surface area contributed by atoms with Crippen molar-refractivity contribution in [3.8, 4) is 0 Å². The monoisotopic (exact) mass is 382 g/mol. The van der Waals surface area contributed by atoms with Gasteiger partial charge in [-0.05, 0) is 0 Å². The molecule has 0 atom stereocenters. The fourth-order valence-corrected chi connectivity index (χ4v) is 1.59. The van der Waals surface area contributed by atoms with Crippen LogP contribution >= 0.6 is 0 Å². The van der Waals surface area contributed by atoms with Crippen LogP contribution < -0.4 is 0 Å². The van der Waals surface area contributed by atoms with Gasteiger partial charge in [-0.15, -0.1) is 0 Å². The highest BCUT2D eigenvalue weighted by Crippen LogP contribution is 1.85. The summed E-state index contributed by atoms with van der Waals surface area (Å²) in [6, 6.07) is 0. The molecule has 0 bridgehead atoms. The van der Waals surface area contributed by atoms with E-state index in [1.807, 2.05) is 0 Å². The molecule has 0 saturated carbocycles. The number of ether oxygens (including phenoxy) is 8. The quantitative estimate of drug-likeness (QED) is 0.205. The predicted molar refractivity (Wildman–Crippen MR) is 93.4 cm³/mol. The van der Waals surface area contributed by atoms with Crippen molar-refractivity contribution in [2.24, 2.45) is 0 Å². The second kappa shape index (κ2) is 22.2. The first-order chi connectivity index (χ1) is 12.8. The average molecular weight is 382 g/mol. The van der Waals surface area contributed by atoms with Crippen molar-refractivity contribution >= 4 is 5.97 Å². The molecule has 0 radical (unpaired) electrons. The minimum atomic E-state index is -0.304. The first kappa shape index (κ1) is 25.2. The summed E-state index contributed by atoms with van der Waals surface area (Å²) in [6.45, 7) is 8.35. The molecule has 0 aromatic carbocycles. The molecule has 0 aliphatic heterocycles. The Balaban J connectivity index is 2.98. The van der Waals surface area contributed by atoms with Gasteiger partial charge in [0.2, 0.25) is 0 Å². The highest BCUT2D eigenvalue weighted by molar-refractivity contribution is 5.65. The van der Waals surface area contributed by atoms with Crippen LogP contribution in [0, 0.1) is 0 Å². The molecule has 0 unspecified atom stereocenters. The molecule has 0 heterocycles. The SMILES string of the molecule is COCCOCCOCCOCCOCCOCCOCCOC(C)=O. The highest BCUT2D eigenvalue weighted by Gasteiger charge is 1.95. The lowest BCUT2D eigenvalue weighted by atomic mass is 10.6. The summed E-state index contributed by atoms with van der Waals surface area (Å²) >= 11 is 0. The van der Waals surface area contributed by atoms with Crippen LogP contribution in [0.3, 0.4) is 0 Å². The number of rotatable bonds is 21. The molecule has 0 aromatic heterocycles. The van der Waals surface area contributed by atoms with E-state index in [1.165, 1.54) is 6.92 Å². The second-order valence-electron chi connectivity index (χ2n) is 5.01. The van der Waals surface area contributed by atoms with Crippen molar-refractivity contribution in [1.82, 2.24) is 0 Å². The molecule has 0 aliphatic rings. The van der Waals surface area contributed by atoms with Crippen molar-refractivity contribution < 1.29 is 42.7 Å². The van der Waals surface area contributed by atoms with E-state index in [4.69, 9.17) is 37.9 Å². The Morgan fingerprint density at radius 3 is 1.04 bits per heavy atom. The topological polar surface area (TPSA) is 90.9 Å². The highest BCUT2D eigenvalue weighted by atomic mass is 16.6. The number of esters is 1. The maximum Gasteiger partial charge on any atom is 0.302 e. The van der Waals surface area contributed by atoms with Crippen LogP contribution in [0.15, 0.2) is 0 Å². The Morgan fingerprint density at radius 1 is 0.500 bits per heavy atom. The molecule has 0 spiro atoms. The van der Waals surface area contributed by atoms with Gasteiger partial charge in [-0.2, -0.15) is 0 Å². The zero-order chi connectivity index (χ0) is 19.1. The van der Waals surface area contributed by atoms with Gasteiger partial charge in [0.25, 0.3) is 0 Å². The van der Waals surface area contributed by atoms with E-state index in [0.29, 0.717) is 85.9 Å². The van der Waals surface area contributed by atoms with Crippen LogP contribution in [0.4, 0.5) is 0 Å². The standard InChI is InChI=1S/C17H34O9/c1-17(18)26-16-15-25-14-13-24-12-11-23-10-9-22-8-7-21-6-5-20-4-3-19-2/h3-16H2,1-2H3. The van der Waals surface area contributed by atoms with Gasteiger partial charge < -0.3 is 37.9 Å². The van der Waals surface area contributed by atoms with Crippen molar-refractivity contribution in [3.63, 3.8) is 0 Å². The molecule has 0 saturated heterocycles. The number of hydrogen-bond acceptors (Lipinski definition) is 9. The van der Waals surface area contributed by atoms with E-state index in [-0.39, 0.29) is 12.6 Å². The fraction of sp³-hybridized carbons (Fsp3) is 0.941. The summed E-state index contributed by atoms with van der Waals surface area (Å²) in [7, 11) is 1.64. The average Bonchev–Trinajstić information content (AvgIpc) is 2.62. The van der Waals surface area contributed by atoms with Crippen LogP contribution in [-0.2, 0) is 42.7 Å². The van der Waals surface area contributed by atoms with Gasteiger partial charge in [0.15, 0.2) is 0 Å². The van der Waals surface area contributed by atoms with Gasteiger partial charge in [0.05, 0.1) is 85.9 Å². The molecule has 0 amide bonds. The third kappa shape index (κ3) is 23.2. The van der Waals surface area contributed by atoms with Crippen LogP contribution in [0.25, 0.3) is 0 Å². The maximum atomic E-state index is 10.5. The summed E-state index contributed by atoms with van der Waals surface area (Å²) < 4.78 is 41.5. The normalized spacial score (nSPS) is 11.0. The Bertz CT molecular complexity index is 289. The van der Waals surface area contributed by atoms with Gasteiger partial charge >= 0.3 is 5.97 Å². The van der Waals surface area contributed by atoms with Crippen LogP contribution in [0.5, 0.6) is 0 Å². The van der Waals surface area contributed by atoms with E-state index in [2.05, 4.69) is 0 Å². The summed E-state index contributed by atoms with van der Waals surface area (Å²) in [5.41, 5.74) is 0. The van der Waals surface area contributed by atoms with Crippen LogP contribution in [-0.4, -0.2) is 106 Å². The van der Waals surface area contributed by atoms with Gasteiger partial charge in [-0.3, -0.25) is 4.79 Å². The van der Waals surface area contributed by atoms with Crippen molar-refractivity contribution in [2.75, 3.05) is 99.6 Å². The first-order valence-electron chi connectivity index (χ1n) is 8.86. The number of carbonyl (C=O) groups excluding carboxylic acids is 1. The molecule has 0 aromatic rings. The minimum absolute atomic E-state index is 0.269. The lowest BCUT2D eigenvalue weighted by molar-refractivity contribution is -0.142. The zero-order valence-electron chi connectivity index (χ0n) is 16.1. The summed E-state index contributed by atoms with van der Waals surface area (Å²) in [4.78, 5) is 10.5. The van der Waals surface area contributed by atoms with E-state index in [9.17, 15) is 4.79 Å². The van der Waals surface area contributed by atoms with Gasteiger partial charge in [-0.1, -0.05) is 0 Å². The fourth-order valence-electron chi connectivity index (χ4n) is 1.59. The second-order valence-corrected chi connectivity index (χ2v) is 5.01. The van der Waals surface area contributed by atoms with Crippen LogP contribution in [0.2, 0.25) is 0 Å². The molecule has 26 heavy (non-hydrogen) atoms. The van der Waals surface area contributed by atoms with E-state index in [0.717, 1.165) is 0 Å². The lowest BCUT2D eigenvalue weighted by Gasteiger charge is -2.08. The van der Waals surface area contributed by atoms with Crippen molar-refractivity contribution in [3.05, 3.63) is 0 Å². The third-order valence-corrected chi connectivity index (χ3v) is 2.82. The summed E-state index contributed by atoms with van der Waals surface area (Å²) in [6.07, 6.45) is 0. The van der Waals surface area contributed by atoms with E-state index < -0.39 is 0 Å². The number of carbonyl (C=O) groups is 1. The van der Waals surface area contributed by atoms with Gasteiger partial charge in [0.1, 0.15) is 6.61 Å². The Morgan fingerprint density at radius 2 is 0.769 bits per heavy atom. The molecule has 156 valence electrons. The summed E-state index contributed by atoms with van der Waals surface area (Å²) in [5, 5.41) is 0. The lowest BCUT2D eigenvalue weighted by Crippen LogP contribution is -2.15. The van der Waals surface area contributed by atoms with Crippen molar-refractivity contribution in [1.29, 1.82) is 0 Å². The third-order valence-electron chi connectivity index (χ3n) is 2.82. The molecule has 0 N–H and O–H groups in total. The molecule has 0 rings (SSSR count).